The molecule has 2 rings (SSSR count). The van der Waals surface area contributed by atoms with Gasteiger partial charge < -0.3 is 19.8 Å². The van der Waals surface area contributed by atoms with Gasteiger partial charge in [-0.2, -0.15) is 0 Å². The second-order valence-electron chi connectivity index (χ2n) is 6.20. The first-order valence-electron chi connectivity index (χ1n) is 9.00. The molecule has 6 heteroatoms. The molecule has 0 bridgehead atoms. The van der Waals surface area contributed by atoms with E-state index >= 15 is 0 Å². The first-order chi connectivity index (χ1) is 13.6. The zero-order valence-corrected chi connectivity index (χ0v) is 16.1. The second-order valence-corrected chi connectivity index (χ2v) is 6.20. The van der Waals surface area contributed by atoms with Crippen molar-refractivity contribution in [1.82, 2.24) is 0 Å². The molecule has 0 saturated heterocycles. The molecule has 0 aliphatic heterocycles. The minimum absolute atomic E-state index is 0.115. The van der Waals surface area contributed by atoms with Crippen LogP contribution in [0.1, 0.15) is 36.8 Å². The molecule has 0 atom stereocenters. The highest BCUT2D eigenvalue weighted by Gasteiger charge is 2.12. The van der Waals surface area contributed by atoms with Gasteiger partial charge in [-0.1, -0.05) is 29.4 Å². The Morgan fingerprint density at radius 3 is 1.75 bits per heavy atom. The number of carboxylic acids is 1. The summed E-state index contributed by atoms with van der Waals surface area (Å²) in [5.74, 6) is 0.681. The van der Waals surface area contributed by atoms with Crippen LogP contribution >= 0.6 is 0 Å². The third-order valence-electron chi connectivity index (χ3n) is 4.38. The number of rotatable bonds is 10. The van der Waals surface area contributed by atoms with E-state index in [-0.39, 0.29) is 6.42 Å². The zero-order valence-electron chi connectivity index (χ0n) is 16.1. The van der Waals surface area contributed by atoms with Crippen LogP contribution in [0.25, 0.3) is 5.57 Å². The largest absolute Gasteiger partial charge is 0.497 e. The van der Waals surface area contributed by atoms with Crippen molar-refractivity contribution in [3.05, 3.63) is 65.2 Å². The number of carbonyl (C=O) groups is 1. The Kier molecular flexibility index (Phi) is 8.09. The predicted molar refractivity (Wildman–Crippen MR) is 108 cm³/mol. The van der Waals surface area contributed by atoms with Crippen LogP contribution in [0.2, 0.25) is 0 Å². The summed E-state index contributed by atoms with van der Waals surface area (Å²) < 4.78 is 10.5. The Hall–Kier alpha value is -3.28. The molecule has 0 amide bonds. The van der Waals surface area contributed by atoms with Crippen LogP contribution in [0.5, 0.6) is 11.5 Å². The fourth-order valence-corrected chi connectivity index (χ4v) is 2.97. The smallest absolute Gasteiger partial charge is 0.303 e. The average Bonchev–Trinajstić information content (AvgIpc) is 2.72. The Balaban J connectivity index is 2.47. The van der Waals surface area contributed by atoms with Crippen LogP contribution in [-0.2, 0) is 4.79 Å². The van der Waals surface area contributed by atoms with Gasteiger partial charge in [0.25, 0.3) is 0 Å². The van der Waals surface area contributed by atoms with Gasteiger partial charge in [0.2, 0.25) is 0 Å². The third-order valence-corrected chi connectivity index (χ3v) is 4.38. The van der Waals surface area contributed by atoms with Crippen LogP contribution in [0.4, 0.5) is 0 Å². The Morgan fingerprint density at radius 1 is 0.893 bits per heavy atom. The number of oxime groups is 1. The topological polar surface area (TPSA) is 88.4 Å². The van der Waals surface area contributed by atoms with Gasteiger partial charge in [-0.05, 0) is 65.8 Å². The van der Waals surface area contributed by atoms with E-state index in [1.165, 1.54) is 6.21 Å². The van der Waals surface area contributed by atoms with Crippen LogP contribution < -0.4 is 9.47 Å². The summed E-state index contributed by atoms with van der Waals surface area (Å²) in [7, 11) is 3.23. The van der Waals surface area contributed by atoms with Crippen molar-refractivity contribution in [3.8, 4) is 11.5 Å². The summed E-state index contributed by atoms with van der Waals surface area (Å²) in [6.45, 7) is 0. The maximum atomic E-state index is 10.8. The molecular formula is C22H25NO5. The van der Waals surface area contributed by atoms with Crippen molar-refractivity contribution in [2.24, 2.45) is 5.16 Å². The van der Waals surface area contributed by atoms with Gasteiger partial charge in [0.05, 0.1) is 20.4 Å². The number of nitrogens with zero attached hydrogens (tertiary/aromatic N) is 1. The lowest BCUT2D eigenvalue weighted by atomic mass is 9.90. The van der Waals surface area contributed by atoms with E-state index in [1.54, 1.807) is 14.2 Å². The van der Waals surface area contributed by atoms with Gasteiger partial charge in [-0.3, -0.25) is 4.79 Å². The monoisotopic (exact) mass is 383 g/mol. The first kappa shape index (κ1) is 21.0. The minimum atomic E-state index is -0.813. The van der Waals surface area contributed by atoms with Crippen LogP contribution in [-0.4, -0.2) is 36.7 Å². The summed E-state index contributed by atoms with van der Waals surface area (Å²) in [6.07, 6.45) is 3.35. The lowest BCUT2D eigenvalue weighted by Crippen LogP contribution is -1.99. The van der Waals surface area contributed by atoms with E-state index in [2.05, 4.69) is 5.16 Å². The van der Waals surface area contributed by atoms with Gasteiger partial charge in [0.1, 0.15) is 11.5 Å². The number of hydrogen-bond acceptors (Lipinski definition) is 5. The van der Waals surface area contributed by atoms with Gasteiger partial charge in [-0.15, -0.1) is 0 Å². The number of unbranched alkanes of at least 4 members (excludes halogenated alkanes) is 1. The van der Waals surface area contributed by atoms with Crippen LogP contribution in [0, 0.1) is 0 Å². The lowest BCUT2D eigenvalue weighted by Gasteiger charge is -2.15. The molecule has 6 nitrogen and oxygen atoms in total. The maximum Gasteiger partial charge on any atom is 0.303 e. The quantitative estimate of drug-likeness (QED) is 0.271. The van der Waals surface area contributed by atoms with Gasteiger partial charge in [-0.25, -0.2) is 0 Å². The molecule has 2 aromatic rings. The molecule has 0 spiro atoms. The van der Waals surface area contributed by atoms with Crippen molar-refractivity contribution >= 4 is 17.8 Å². The summed E-state index contributed by atoms with van der Waals surface area (Å²) in [5, 5.41) is 21.3. The number of hydrogen-bond donors (Lipinski definition) is 2. The average molecular weight is 383 g/mol. The van der Waals surface area contributed by atoms with E-state index in [0.717, 1.165) is 33.8 Å². The number of benzene rings is 2. The summed E-state index contributed by atoms with van der Waals surface area (Å²) in [5.41, 5.74) is 3.62. The Bertz CT molecular complexity index is 774. The fraction of sp³-hybridized carbons (Fsp3) is 0.273. The Morgan fingerprint density at radius 2 is 1.36 bits per heavy atom. The lowest BCUT2D eigenvalue weighted by molar-refractivity contribution is -0.137. The zero-order chi connectivity index (χ0) is 20.4. The number of carboxylic acid groups (broad SMARTS) is 1. The van der Waals surface area contributed by atoms with E-state index in [4.69, 9.17) is 14.6 Å². The SMILES string of the molecule is COc1ccc(C(=C(C=NO)CCCCC(=O)O)c2ccc(OC)cc2)cc1. The maximum absolute atomic E-state index is 10.8. The van der Waals surface area contributed by atoms with Gasteiger partial charge in [0.15, 0.2) is 0 Å². The van der Waals surface area contributed by atoms with Crippen LogP contribution in [0.15, 0.2) is 59.3 Å². The molecule has 0 aliphatic rings. The van der Waals surface area contributed by atoms with Crippen molar-refractivity contribution < 1.29 is 24.6 Å². The molecule has 0 radical (unpaired) electrons. The normalized spacial score (nSPS) is 10.6. The fourth-order valence-electron chi connectivity index (χ4n) is 2.97. The Labute approximate surface area is 164 Å². The number of methoxy groups -OCH3 is 2. The van der Waals surface area contributed by atoms with E-state index < -0.39 is 5.97 Å². The van der Waals surface area contributed by atoms with Crippen molar-refractivity contribution in [2.45, 2.75) is 25.7 Å². The van der Waals surface area contributed by atoms with Crippen LogP contribution in [0.3, 0.4) is 0 Å². The minimum Gasteiger partial charge on any atom is -0.497 e. The predicted octanol–water partition coefficient (Wildman–Crippen LogP) is 4.61. The molecule has 0 fully saturated rings. The number of aliphatic carboxylic acids is 1. The molecule has 148 valence electrons. The number of allylic oxidation sites excluding steroid dienone is 1. The highest BCUT2D eigenvalue weighted by molar-refractivity contribution is 5.96. The molecule has 0 aliphatic carbocycles. The van der Waals surface area contributed by atoms with E-state index in [9.17, 15) is 10.0 Å². The van der Waals surface area contributed by atoms with Crippen molar-refractivity contribution in [1.29, 1.82) is 0 Å². The van der Waals surface area contributed by atoms with E-state index in [1.807, 2.05) is 48.5 Å². The summed E-state index contributed by atoms with van der Waals surface area (Å²) in [6, 6.07) is 15.3. The summed E-state index contributed by atoms with van der Waals surface area (Å²) >= 11 is 0. The first-order valence-corrected chi connectivity index (χ1v) is 9.00. The van der Waals surface area contributed by atoms with Gasteiger partial charge >= 0.3 is 5.97 Å². The van der Waals surface area contributed by atoms with Crippen molar-refractivity contribution in [3.63, 3.8) is 0 Å². The van der Waals surface area contributed by atoms with Crippen molar-refractivity contribution in [2.75, 3.05) is 14.2 Å². The standard InChI is InChI=1S/C22H25NO5/c1-27-19-11-7-16(8-12-19)22(17-9-13-20(28-2)14-10-17)18(15-23-26)5-3-4-6-21(24)25/h7-15,26H,3-6H2,1-2H3,(H,24,25). The highest BCUT2D eigenvalue weighted by atomic mass is 16.5. The summed E-state index contributed by atoms with van der Waals surface area (Å²) in [4.78, 5) is 10.8. The van der Waals surface area contributed by atoms with Gasteiger partial charge in [0, 0.05) is 6.42 Å². The molecule has 28 heavy (non-hydrogen) atoms. The van der Waals surface area contributed by atoms with E-state index in [0.29, 0.717) is 19.3 Å². The molecule has 0 unspecified atom stereocenters. The second kappa shape index (κ2) is 10.8. The third kappa shape index (κ3) is 5.87. The molecule has 0 aromatic heterocycles. The number of ether oxygens (including phenoxy) is 2. The molecule has 0 heterocycles. The molecule has 2 aromatic carbocycles. The molecule has 2 N–H and O–H groups in total. The highest BCUT2D eigenvalue weighted by Crippen LogP contribution is 2.31. The molecule has 0 saturated carbocycles. The molecular weight excluding hydrogens is 358 g/mol.